The van der Waals surface area contributed by atoms with Gasteiger partial charge in [-0.1, -0.05) is 43.7 Å². The molecule has 1 aliphatic carbocycles. The SMILES string of the molecule is C[C@H]1CCC1CCc1ccccc1. The van der Waals surface area contributed by atoms with Crippen LogP contribution in [0.1, 0.15) is 31.7 Å². The zero-order valence-electron chi connectivity index (χ0n) is 8.37. The highest BCUT2D eigenvalue weighted by molar-refractivity contribution is 5.14. The summed E-state index contributed by atoms with van der Waals surface area (Å²) in [4.78, 5) is 0. The van der Waals surface area contributed by atoms with Crippen LogP contribution < -0.4 is 0 Å². The summed E-state index contributed by atoms with van der Waals surface area (Å²) in [7, 11) is 0. The Bertz CT molecular complexity index is 250. The molecule has 0 bridgehead atoms. The van der Waals surface area contributed by atoms with E-state index in [0.717, 1.165) is 11.8 Å². The van der Waals surface area contributed by atoms with E-state index < -0.39 is 0 Å². The molecule has 0 radical (unpaired) electrons. The van der Waals surface area contributed by atoms with E-state index in [1.54, 1.807) is 0 Å². The Morgan fingerprint density at radius 1 is 1.15 bits per heavy atom. The van der Waals surface area contributed by atoms with Crippen molar-refractivity contribution in [1.29, 1.82) is 0 Å². The van der Waals surface area contributed by atoms with Gasteiger partial charge in [0.2, 0.25) is 0 Å². The highest BCUT2D eigenvalue weighted by Gasteiger charge is 2.25. The van der Waals surface area contributed by atoms with Crippen LogP contribution in [0.25, 0.3) is 0 Å². The van der Waals surface area contributed by atoms with Crippen molar-refractivity contribution in [3.63, 3.8) is 0 Å². The molecule has 0 aromatic heterocycles. The average Bonchev–Trinajstić information content (AvgIpc) is 2.17. The number of hydrogen-bond acceptors (Lipinski definition) is 0. The Balaban J connectivity index is 1.80. The van der Waals surface area contributed by atoms with Crippen molar-refractivity contribution < 1.29 is 0 Å². The first-order chi connectivity index (χ1) is 6.36. The first kappa shape index (κ1) is 8.80. The molecule has 0 aliphatic heterocycles. The first-order valence-corrected chi connectivity index (χ1v) is 5.40. The molecule has 0 heteroatoms. The van der Waals surface area contributed by atoms with Crippen LogP contribution in [0, 0.1) is 11.8 Å². The Morgan fingerprint density at radius 3 is 2.46 bits per heavy atom. The lowest BCUT2D eigenvalue weighted by Crippen LogP contribution is -2.23. The first-order valence-electron chi connectivity index (χ1n) is 5.40. The summed E-state index contributed by atoms with van der Waals surface area (Å²) in [5.41, 5.74) is 1.50. The van der Waals surface area contributed by atoms with E-state index in [1.807, 2.05) is 0 Å². The van der Waals surface area contributed by atoms with Crippen LogP contribution in [0.2, 0.25) is 0 Å². The molecule has 0 heterocycles. The largest absolute Gasteiger partial charge is 0.0622 e. The molecule has 0 spiro atoms. The third-order valence-electron chi connectivity index (χ3n) is 3.44. The van der Waals surface area contributed by atoms with Gasteiger partial charge in [-0.05, 0) is 36.7 Å². The van der Waals surface area contributed by atoms with E-state index in [0.29, 0.717) is 0 Å². The third-order valence-corrected chi connectivity index (χ3v) is 3.44. The summed E-state index contributed by atoms with van der Waals surface area (Å²) in [6.45, 7) is 2.39. The number of rotatable bonds is 3. The highest BCUT2D eigenvalue weighted by atomic mass is 14.3. The maximum Gasteiger partial charge on any atom is -0.0276 e. The summed E-state index contributed by atoms with van der Waals surface area (Å²) >= 11 is 0. The topological polar surface area (TPSA) is 0 Å². The van der Waals surface area contributed by atoms with Crippen molar-refractivity contribution in [2.24, 2.45) is 11.8 Å². The molecule has 1 aliphatic rings. The van der Waals surface area contributed by atoms with Crippen LogP contribution in [0.5, 0.6) is 0 Å². The van der Waals surface area contributed by atoms with Gasteiger partial charge in [-0.25, -0.2) is 0 Å². The van der Waals surface area contributed by atoms with Crippen LogP contribution in [-0.2, 0) is 6.42 Å². The second-order valence-electron chi connectivity index (χ2n) is 4.34. The average molecular weight is 174 g/mol. The predicted octanol–water partition coefficient (Wildman–Crippen LogP) is 3.67. The Hall–Kier alpha value is -0.780. The van der Waals surface area contributed by atoms with Gasteiger partial charge in [-0.15, -0.1) is 0 Å². The van der Waals surface area contributed by atoms with Crippen molar-refractivity contribution in [1.82, 2.24) is 0 Å². The van der Waals surface area contributed by atoms with Crippen molar-refractivity contribution in [3.05, 3.63) is 35.9 Å². The quantitative estimate of drug-likeness (QED) is 0.656. The van der Waals surface area contributed by atoms with Crippen LogP contribution >= 0.6 is 0 Å². The fourth-order valence-electron chi connectivity index (χ4n) is 2.16. The van der Waals surface area contributed by atoms with E-state index in [2.05, 4.69) is 37.3 Å². The van der Waals surface area contributed by atoms with Crippen molar-refractivity contribution in [2.45, 2.75) is 32.6 Å². The fourth-order valence-corrected chi connectivity index (χ4v) is 2.16. The molecular formula is C13H18. The van der Waals surface area contributed by atoms with Gasteiger partial charge in [0.15, 0.2) is 0 Å². The molecule has 1 aromatic rings. The molecule has 0 saturated heterocycles. The molecule has 0 N–H and O–H groups in total. The fraction of sp³-hybridized carbons (Fsp3) is 0.538. The second kappa shape index (κ2) is 3.95. The third kappa shape index (κ3) is 2.12. The van der Waals surface area contributed by atoms with Crippen LogP contribution in [0.4, 0.5) is 0 Å². The van der Waals surface area contributed by atoms with Crippen LogP contribution in [-0.4, -0.2) is 0 Å². The molecule has 1 unspecified atom stereocenters. The van der Waals surface area contributed by atoms with Gasteiger partial charge in [-0.3, -0.25) is 0 Å². The zero-order valence-corrected chi connectivity index (χ0v) is 8.37. The van der Waals surface area contributed by atoms with E-state index in [1.165, 1.54) is 31.2 Å². The lowest BCUT2D eigenvalue weighted by atomic mass is 9.72. The van der Waals surface area contributed by atoms with Gasteiger partial charge in [-0.2, -0.15) is 0 Å². The second-order valence-corrected chi connectivity index (χ2v) is 4.34. The van der Waals surface area contributed by atoms with Crippen LogP contribution in [0.15, 0.2) is 30.3 Å². The minimum atomic E-state index is 0.990. The lowest BCUT2D eigenvalue weighted by Gasteiger charge is -2.33. The van der Waals surface area contributed by atoms with E-state index in [9.17, 15) is 0 Å². The number of benzene rings is 1. The summed E-state index contributed by atoms with van der Waals surface area (Å²) in [6, 6.07) is 10.8. The summed E-state index contributed by atoms with van der Waals surface area (Å²) in [5, 5.41) is 0. The van der Waals surface area contributed by atoms with Gasteiger partial charge in [0.1, 0.15) is 0 Å². The zero-order chi connectivity index (χ0) is 9.10. The maximum absolute atomic E-state index is 2.39. The predicted molar refractivity (Wildman–Crippen MR) is 56.7 cm³/mol. The normalized spacial score (nSPS) is 26.8. The molecule has 70 valence electrons. The maximum atomic E-state index is 2.39. The molecule has 1 aromatic carbocycles. The molecule has 1 fully saturated rings. The smallest absolute Gasteiger partial charge is 0.0276 e. The van der Waals surface area contributed by atoms with E-state index >= 15 is 0 Å². The standard InChI is InChI=1S/C13H18/c1-11-7-9-13(11)10-8-12-5-3-2-4-6-12/h2-6,11,13H,7-10H2,1H3/t11-,13?/m0/s1. The van der Waals surface area contributed by atoms with Crippen LogP contribution in [0.3, 0.4) is 0 Å². The van der Waals surface area contributed by atoms with Gasteiger partial charge < -0.3 is 0 Å². The lowest BCUT2D eigenvalue weighted by molar-refractivity contribution is 0.184. The monoisotopic (exact) mass is 174 g/mol. The molecule has 1 saturated carbocycles. The van der Waals surface area contributed by atoms with Gasteiger partial charge >= 0.3 is 0 Å². The molecule has 0 nitrogen and oxygen atoms in total. The summed E-state index contributed by atoms with van der Waals surface area (Å²) in [5.74, 6) is 2.00. The van der Waals surface area contributed by atoms with Crippen molar-refractivity contribution in [2.75, 3.05) is 0 Å². The Labute approximate surface area is 81.0 Å². The molecular weight excluding hydrogens is 156 g/mol. The number of aryl methyl sites for hydroxylation is 1. The molecule has 13 heavy (non-hydrogen) atoms. The molecule has 2 rings (SSSR count). The van der Waals surface area contributed by atoms with E-state index in [4.69, 9.17) is 0 Å². The van der Waals surface area contributed by atoms with Gasteiger partial charge in [0, 0.05) is 0 Å². The molecule has 0 amide bonds. The minimum Gasteiger partial charge on any atom is -0.0622 e. The van der Waals surface area contributed by atoms with Crippen molar-refractivity contribution >= 4 is 0 Å². The Morgan fingerprint density at radius 2 is 1.92 bits per heavy atom. The van der Waals surface area contributed by atoms with Crippen molar-refractivity contribution in [3.8, 4) is 0 Å². The highest BCUT2D eigenvalue weighted by Crippen LogP contribution is 2.36. The number of hydrogen-bond donors (Lipinski definition) is 0. The minimum absolute atomic E-state index is 0.990. The summed E-state index contributed by atoms with van der Waals surface area (Å²) in [6.07, 6.45) is 5.59. The summed E-state index contributed by atoms with van der Waals surface area (Å²) < 4.78 is 0. The molecule has 2 atom stereocenters. The Kier molecular flexibility index (Phi) is 2.68. The van der Waals surface area contributed by atoms with E-state index in [-0.39, 0.29) is 0 Å². The van der Waals surface area contributed by atoms with Gasteiger partial charge in [0.05, 0.1) is 0 Å². The van der Waals surface area contributed by atoms with Gasteiger partial charge in [0.25, 0.3) is 0 Å².